The van der Waals surface area contributed by atoms with E-state index in [1.165, 1.54) is 12.2 Å². The third-order valence-corrected chi connectivity index (χ3v) is 3.75. The second-order valence-electron chi connectivity index (χ2n) is 3.87. The Kier molecular flexibility index (Phi) is 3.17. The summed E-state index contributed by atoms with van der Waals surface area (Å²) in [4.78, 5) is 0. The number of benzene rings is 1. The van der Waals surface area contributed by atoms with Gasteiger partial charge < -0.3 is 5.32 Å². The second-order valence-corrected chi connectivity index (χ2v) is 5.02. The molecule has 0 bridgehead atoms. The first kappa shape index (κ1) is 10.4. The molecule has 1 unspecified atom stereocenters. The minimum atomic E-state index is 0.532. The molecule has 0 amide bonds. The fourth-order valence-electron chi connectivity index (χ4n) is 1.74. The molecule has 78 valence electrons. The quantitative estimate of drug-likeness (QED) is 0.829. The molecule has 0 aromatic heterocycles. The van der Waals surface area contributed by atoms with E-state index in [0.29, 0.717) is 6.04 Å². The van der Waals surface area contributed by atoms with Crippen LogP contribution >= 0.6 is 11.8 Å². The minimum absolute atomic E-state index is 0.532. The Morgan fingerprint density at radius 1 is 1.53 bits per heavy atom. The summed E-state index contributed by atoms with van der Waals surface area (Å²) in [5.74, 6) is 2.38. The highest BCUT2D eigenvalue weighted by molar-refractivity contribution is 7.99. The molecule has 1 heterocycles. The molecule has 0 spiro atoms. The van der Waals surface area contributed by atoms with Gasteiger partial charge >= 0.3 is 0 Å². The van der Waals surface area contributed by atoms with Crippen LogP contribution in [-0.2, 0) is 0 Å². The molecular weight excluding hydrogens is 204 g/mol. The molecule has 1 saturated heterocycles. The van der Waals surface area contributed by atoms with E-state index < -0.39 is 0 Å². The Hall–Kier alpha value is -1.14. The standard InChI is InChI=1S/C12H14N2S/c1-9-2-3-12(10(6-9)7-13)14-11-4-5-15-8-11/h2-3,6,11,14H,4-5,8H2,1H3. The SMILES string of the molecule is Cc1ccc(NC2CCSC2)c(C#N)c1. The second kappa shape index (κ2) is 4.59. The van der Waals surface area contributed by atoms with Crippen LogP contribution in [0.5, 0.6) is 0 Å². The van der Waals surface area contributed by atoms with Gasteiger partial charge in [-0.3, -0.25) is 0 Å². The molecule has 1 aromatic rings. The Balaban J connectivity index is 2.16. The van der Waals surface area contributed by atoms with Gasteiger partial charge in [-0.2, -0.15) is 17.0 Å². The number of hydrogen-bond acceptors (Lipinski definition) is 3. The summed E-state index contributed by atoms with van der Waals surface area (Å²) in [6.45, 7) is 2.01. The van der Waals surface area contributed by atoms with Crippen LogP contribution in [0.2, 0.25) is 0 Å². The fourth-order valence-corrected chi connectivity index (χ4v) is 2.90. The highest BCUT2D eigenvalue weighted by Crippen LogP contribution is 2.23. The lowest BCUT2D eigenvalue weighted by molar-refractivity contribution is 0.812. The maximum Gasteiger partial charge on any atom is 0.101 e. The molecule has 1 aromatic carbocycles. The predicted molar refractivity (Wildman–Crippen MR) is 65.2 cm³/mol. The lowest BCUT2D eigenvalue weighted by atomic mass is 10.1. The normalized spacial score (nSPS) is 19.9. The van der Waals surface area contributed by atoms with Crippen molar-refractivity contribution in [3.63, 3.8) is 0 Å². The molecular formula is C12H14N2S. The first-order chi connectivity index (χ1) is 7.29. The molecule has 2 nitrogen and oxygen atoms in total. The van der Waals surface area contributed by atoms with Crippen LogP contribution in [0.1, 0.15) is 17.5 Å². The zero-order valence-corrected chi connectivity index (χ0v) is 9.60. The molecule has 15 heavy (non-hydrogen) atoms. The Morgan fingerprint density at radius 3 is 3.07 bits per heavy atom. The summed E-state index contributed by atoms with van der Waals surface area (Å²) in [5.41, 5.74) is 2.88. The molecule has 0 aliphatic carbocycles. The monoisotopic (exact) mass is 218 g/mol. The minimum Gasteiger partial charge on any atom is -0.380 e. The molecule has 3 heteroatoms. The summed E-state index contributed by atoms with van der Waals surface area (Å²) >= 11 is 1.97. The van der Waals surface area contributed by atoms with Gasteiger partial charge in [-0.25, -0.2) is 0 Å². The van der Waals surface area contributed by atoms with Gasteiger partial charge in [0.05, 0.1) is 11.3 Å². The lowest BCUT2D eigenvalue weighted by Crippen LogP contribution is -2.18. The zero-order chi connectivity index (χ0) is 10.7. The summed E-state index contributed by atoms with van der Waals surface area (Å²) in [7, 11) is 0. The van der Waals surface area contributed by atoms with E-state index >= 15 is 0 Å². The third-order valence-electron chi connectivity index (χ3n) is 2.58. The van der Waals surface area contributed by atoms with E-state index in [0.717, 1.165) is 22.6 Å². The summed E-state index contributed by atoms with van der Waals surface area (Å²) in [5, 5.41) is 12.5. The van der Waals surface area contributed by atoms with Crippen LogP contribution in [0.4, 0.5) is 5.69 Å². The van der Waals surface area contributed by atoms with Gasteiger partial charge in [-0.1, -0.05) is 6.07 Å². The predicted octanol–water partition coefficient (Wildman–Crippen LogP) is 2.78. The van der Waals surface area contributed by atoms with E-state index in [2.05, 4.69) is 11.4 Å². The molecule has 0 radical (unpaired) electrons. The van der Waals surface area contributed by atoms with Crippen LogP contribution in [-0.4, -0.2) is 17.5 Å². The molecule has 1 aliphatic heterocycles. The van der Waals surface area contributed by atoms with Crippen molar-refractivity contribution in [3.8, 4) is 6.07 Å². The van der Waals surface area contributed by atoms with Crippen molar-refractivity contribution in [2.45, 2.75) is 19.4 Å². The van der Waals surface area contributed by atoms with E-state index in [-0.39, 0.29) is 0 Å². The van der Waals surface area contributed by atoms with Crippen LogP contribution in [0.15, 0.2) is 18.2 Å². The third kappa shape index (κ3) is 2.45. The number of rotatable bonds is 2. The zero-order valence-electron chi connectivity index (χ0n) is 8.79. The van der Waals surface area contributed by atoms with Crippen molar-refractivity contribution < 1.29 is 0 Å². The van der Waals surface area contributed by atoms with Crippen LogP contribution in [0.25, 0.3) is 0 Å². The maximum absolute atomic E-state index is 9.02. The van der Waals surface area contributed by atoms with Crippen molar-refractivity contribution in [1.82, 2.24) is 0 Å². The van der Waals surface area contributed by atoms with Gasteiger partial charge in [0.1, 0.15) is 6.07 Å². The Bertz CT molecular complexity index is 389. The van der Waals surface area contributed by atoms with Crippen molar-refractivity contribution in [2.24, 2.45) is 0 Å². The van der Waals surface area contributed by atoms with Crippen LogP contribution in [0.3, 0.4) is 0 Å². The fraction of sp³-hybridized carbons (Fsp3) is 0.417. The van der Waals surface area contributed by atoms with E-state index in [1.54, 1.807) is 0 Å². The topological polar surface area (TPSA) is 35.8 Å². The number of nitrogens with zero attached hydrogens (tertiary/aromatic N) is 1. The Labute approximate surface area is 94.7 Å². The largest absolute Gasteiger partial charge is 0.380 e. The molecule has 1 aliphatic rings. The van der Waals surface area contributed by atoms with Crippen LogP contribution < -0.4 is 5.32 Å². The van der Waals surface area contributed by atoms with Crippen molar-refractivity contribution in [1.29, 1.82) is 5.26 Å². The first-order valence-electron chi connectivity index (χ1n) is 5.14. The summed E-state index contributed by atoms with van der Waals surface area (Å²) in [6, 6.07) is 8.77. The van der Waals surface area contributed by atoms with Gasteiger partial charge in [-0.05, 0) is 36.8 Å². The maximum atomic E-state index is 9.02. The van der Waals surface area contributed by atoms with Gasteiger partial charge in [0.15, 0.2) is 0 Å². The van der Waals surface area contributed by atoms with Crippen LogP contribution in [0, 0.1) is 18.3 Å². The van der Waals surface area contributed by atoms with E-state index in [1.807, 2.05) is 36.9 Å². The summed E-state index contributed by atoms with van der Waals surface area (Å²) in [6.07, 6.45) is 1.20. The van der Waals surface area contributed by atoms with Crippen molar-refractivity contribution in [2.75, 3.05) is 16.8 Å². The first-order valence-corrected chi connectivity index (χ1v) is 6.30. The van der Waals surface area contributed by atoms with E-state index in [4.69, 9.17) is 5.26 Å². The average Bonchev–Trinajstić information content (AvgIpc) is 2.73. The number of aryl methyl sites for hydroxylation is 1. The van der Waals surface area contributed by atoms with Crippen molar-refractivity contribution in [3.05, 3.63) is 29.3 Å². The number of nitrogens with one attached hydrogen (secondary N) is 1. The number of anilines is 1. The van der Waals surface area contributed by atoms with Gasteiger partial charge in [-0.15, -0.1) is 0 Å². The van der Waals surface area contributed by atoms with E-state index in [9.17, 15) is 0 Å². The summed E-state index contributed by atoms with van der Waals surface area (Å²) < 4.78 is 0. The Morgan fingerprint density at radius 2 is 2.40 bits per heavy atom. The highest BCUT2D eigenvalue weighted by Gasteiger charge is 2.16. The molecule has 1 atom stereocenters. The van der Waals surface area contributed by atoms with Crippen molar-refractivity contribution >= 4 is 17.4 Å². The number of nitriles is 1. The molecule has 0 saturated carbocycles. The average molecular weight is 218 g/mol. The van der Waals surface area contributed by atoms with Gasteiger partial charge in [0, 0.05) is 11.8 Å². The van der Waals surface area contributed by atoms with Gasteiger partial charge in [0.25, 0.3) is 0 Å². The molecule has 1 N–H and O–H groups in total. The highest BCUT2D eigenvalue weighted by atomic mass is 32.2. The van der Waals surface area contributed by atoms with Gasteiger partial charge in [0.2, 0.25) is 0 Å². The molecule has 2 rings (SSSR count). The smallest absolute Gasteiger partial charge is 0.101 e. The number of thioether (sulfide) groups is 1. The lowest BCUT2D eigenvalue weighted by Gasteiger charge is -2.14. The molecule has 1 fully saturated rings. The number of hydrogen-bond donors (Lipinski definition) is 1.